The molecule has 0 radical (unpaired) electrons. The number of likely N-dealkylation sites (N-methyl/N-ethyl adjacent to an activating group) is 1. The van der Waals surface area contributed by atoms with Gasteiger partial charge in [-0.3, -0.25) is 4.90 Å². The maximum Gasteiger partial charge on any atom is 0.317 e. The summed E-state index contributed by atoms with van der Waals surface area (Å²) in [5.74, 6) is 1.05. The number of amides is 2. The highest BCUT2D eigenvalue weighted by Crippen LogP contribution is 2.08. The van der Waals surface area contributed by atoms with E-state index in [2.05, 4.69) is 39.2 Å². The lowest BCUT2D eigenvalue weighted by Gasteiger charge is -2.36. The number of carbonyl (C=O) groups excluding carboxylic acids is 1. The first-order valence-electron chi connectivity index (χ1n) is 8.74. The molecule has 1 aromatic heterocycles. The third-order valence-corrected chi connectivity index (χ3v) is 4.56. The molecule has 1 fully saturated rings. The van der Waals surface area contributed by atoms with Gasteiger partial charge in [0.1, 0.15) is 6.54 Å². The molecule has 2 heterocycles. The second-order valence-corrected chi connectivity index (χ2v) is 6.46. The van der Waals surface area contributed by atoms with Crippen molar-refractivity contribution >= 4 is 6.03 Å². The van der Waals surface area contributed by atoms with Gasteiger partial charge in [-0.25, -0.2) is 4.79 Å². The molecule has 136 valence electrons. The zero-order valence-electron chi connectivity index (χ0n) is 15.3. The van der Waals surface area contributed by atoms with Crippen molar-refractivity contribution in [1.82, 2.24) is 30.2 Å². The first kappa shape index (κ1) is 18.7. The Morgan fingerprint density at radius 1 is 1.38 bits per heavy atom. The Labute approximate surface area is 144 Å². The zero-order valence-corrected chi connectivity index (χ0v) is 15.3. The van der Waals surface area contributed by atoms with Crippen molar-refractivity contribution in [3.63, 3.8) is 0 Å². The van der Waals surface area contributed by atoms with Gasteiger partial charge in [0.15, 0.2) is 5.82 Å². The van der Waals surface area contributed by atoms with Crippen molar-refractivity contribution in [2.45, 2.75) is 39.8 Å². The van der Waals surface area contributed by atoms with Gasteiger partial charge in [-0.1, -0.05) is 5.16 Å². The zero-order chi connectivity index (χ0) is 17.5. The third kappa shape index (κ3) is 5.45. The Morgan fingerprint density at radius 2 is 2.08 bits per heavy atom. The molecule has 2 amide bonds. The molecule has 0 aromatic carbocycles. The number of hydrogen-bond donors (Lipinski definition) is 1. The lowest BCUT2D eigenvalue weighted by molar-refractivity contribution is 0.114. The van der Waals surface area contributed by atoms with Crippen LogP contribution in [0.5, 0.6) is 0 Å². The number of rotatable bonds is 7. The molecule has 2 rings (SSSR count). The highest BCUT2D eigenvalue weighted by atomic mass is 16.5. The highest BCUT2D eigenvalue weighted by Gasteiger charge is 2.20. The monoisotopic (exact) mass is 338 g/mol. The van der Waals surface area contributed by atoms with E-state index in [1.54, 1.807) is 11.8 Å². The van der Waals surface area contributed by atoms with Crippen molar-refractivity contribution in [3.8, 4) is 0 Å². The van der Waals surface area contributed by atoms with E-state index in [-0.39, 0.29) is 6.03 Å². The largest absolute Gasteiger partial charge is 0.338 e. The van der Waals surface area contributed by atoms with Crippen LogP contribution in [0, 0.1) is 6.92 Å². The van der Waals surface area contributed by atoms with Crippen LogP contribution in [-0.4, -0.2) is 83.2 Å². The van der Waals surface area contributed by atoms with Crippen LogP contribution in [0.15, 0.2) is 4.52 Å². The molecular weight excluding hydrogens is 308 g/mol. The van der Waals surface area contributed by atoms with E-state index in [0.717, 1.165) is 32.6 Å². The van der Waals surface area contributed by atoms with Gasteiger partial charge < -0.3 is 19.6 Å². The maximum absolute atomic E-state index is 12.3. The van der Waals surface area contributed by atoms with Crippen molar-refractivity contribution in [2.75, 3.05) is 46.3 Å². The molecule has 1 aliphatic heterocycles. The normalized spacial score (nSPS) is 17.7. The molecular formula is C16H30N6O2. The summed E-state index contributed by atoms with van der Waals surface area (Å²) in [6.45, 7) is 12.0. The van der Waals surface area contributed by atoms with Gasteiger partial charge in [0.05, 0.1) is 0 Å². The molecule has 0 bridgehead atoms. The van der Waals surface area contributed by atoms with E-state index >= 15 is 0 Å². The van der Waals surface area contributed by atoms with Gasteiger partial charge in [-0.05, 0) is 34.2 Å². The van der Waals surface area contributed by atoms with Crippen LogP contribution in [0.1, 0.15) is 32.0 Å². The van der Waals surface area contributed by atoms with Crippen molar-refractivity contribution in [3.05, 3.63) is 11.7 Å². The molecule has 1 aromatic rings. The molecule has 0 unspecified atom stereocenters. The summed E-state index contributed by atoms with van der Waals surface area (Å²) in [6, 6.07) is 0.395. The van der Waals surface area contributed by atoms with Crippen LogP contribution in [0.4, 0.5) is 4.79 Å². The van der Waals surface area contributed by atoms with Crippen LogP contribution in [0.2, 0.25) is 0 Å². The lowest BCUT2D eigenvalue weighted by Crippen LogP contribution is -2.49. The van der Waals surface area contributed by atoms with E-state index < -0.39 is 0 Å². The lowest BCUT2D eigenvalue weighted by atomic mass is 10.1. The predicted molar refractivity (Wildman–Crippen MR) is 91.7 cm³/mol. The standard InChI is InChI=1S/C16H30N6O2/c1-5-21(12-15-18-14(3)19-24-15)16(23)17-7-6-13(2)22-10-8-20(4)9-11-22/h13H,5-12H2,1-4H3,(H,17,23)/t13-/m1/s1. The fourth-order valence-electron chi connectivity index (χ4n) is 2.84. The first-order chi connectivity index (χ1) is 11.5. The molecule has 0 spiro atoms. The number of nitrogens with one attached hydrogen (secondary N) is 1. The van der Waals surface area contributed by atoms with Gasteiger partial charge >= 0.3 is 6.03 Å². The summed E-state index contributed by atoms with van der Waals surface area (Å²) in [5, 5.41) is 6.75. The SMILES string of the molecule is CCN(Cc1nc(C)no1)C(=O)NCC[C@@H](C)N1CCN(C)CC1. The number of urea groups is 1. The van der Waals surface area contributed by atoms with Crippen molar-refractivity contribution in [2.24, 2.45) is 0 Å². The summed E-state index contributed by atoms with van der Waals surface area (Å²) in [6.07, 6.45) is 0.951. The van der Waals surface area contributed by atoms with E-state index in [0.29, 0.717) is 37.4 Å². The molecule has 8 heteroatoms. The number of piperazine rings is 1. The molecule has 8 nitrogen and oxygen atoms in total. The fraction of sp³-hybridized carbons (Fsp3) is 0.812. The molecule has 1 aliphatic rings. The van der Waals surface area contributed by atoms with E-state index in [9.17, 15) is 4.79 Å². The summed E-state index contributed by atoms with van der Waals surface area (Å²) >= 11 is 0. The first-order valence-corrected chi connectivity index (χ1v) is 8.74. The molecule has 1 N–H and O–H groups in total. The highest BCUT2D eigenvalue weighted by molar-refractivity contribution is 5.73. The Morgan fingerprint density at radius 3 is 2.67 bits per heavy atom. The van der Waals surface area contributed by atoms with Crippen LogP contribution in [0.3, 0.4) is 0 Å². The topological polar surface area (TPSA) is 77.7 Å². The van der Waals surface area contributed by atoms with Crippen LogP contribution >= 0.6 is 0 Å². The molecule has 0 saturated carbocycles. The molecule has 1 atom stereocenters. The Bertz CT molecular complexity index is 512. The summed E-state index contributed by atoms with van der Waals surface area (Å²) < 4.78 is 5.08. The van der Waals surface area contributed by atoms with E-state index in [1.165, 1.54) is 0 Å². The van der Waals surface area contributed by atoms with Gasteiger partial charge in [-0.15, -0.1) is 0 Å². The fourth-order valence-corrected chi connectivity index (χ4v) is 2.84. The molecule has 0 aliphatic carbocycles. The van der Waals surface area contributed by atoms with Crippen LogP contribution in [-0.2, 0) is 6.54 Å². The third-order valence-electron chi connectivity index (χ3n) is 4.56. The van der Waals surface area contributed by atoms with E-state index in [4.69, 9.17) is 4.52 Å². The average Bonchev–Trinajstić information content (AvgIpc) is 2.98. The minimum atomic E-state index is -0.0843. The van der Waals surface area contributed by atoms with E-state index in [1.807, 2.05) is 6.92 Å². The summed E-state index contributed by atoms with van der Waals surface area (Å²) in [5.41, 5.74) is 0. The molecule has 1 saturated heterocycles. The number of nitrogens with zero attached hydrogens (tertiary/aromatic N) is 5. The minimum Gasteiger partial charge on any atom is -0.338 e. The smallest absolute Gasteiger partial charge is 0.317 e. The van der Waals surface area contributed by atoms with Crippen LogP contribution < -0.4 is 5.32 Å². The average molecular weight is 338 g/mol. The molecule has 24 heavy (non-hydrogen) atoms. The second kappa shape index (κ2) is 8.98. The number of aromatic nitrogens is 2. The van der Waals surface area contributed by atoms with Crippen molar-refractivity contribution in [1.29, 1.82) is 0 Å². The van der Waals surface area contributed by atoms with Gasteiger partial charge in [0.2, 0.25) is 5.89 Å². The predicted octanol–water partition coefficient (Wildman–Crippen LogP) is 0.936. The number of carbonyl (C=O) groups is 1. The van der Waals surface area contributed by atoms with Crippen molar-refractivity contribution < 1.29 is 9.32 Å². The number of aryl methyl sites for hydroxylation is 1. The summed E-state index contributed by atoms with van der Waals surface area (Å²) in [4.78, 5) is 23.0. The van der Waals surface area contributed by atoms with Crippen LogP contribution in [0.25, 0.3) is 0 Å². The Kier molecular flexibility index (Phi) is 6.99. The maximum atomic E-state index is 12.3. The Balaban J connectivity index is 1.70. The summed E-state index contributed by atoms with van der Waals surface area (Å²) in [7, 11) is 2.16. The second-order valence-electron chi connectivity index (χ2n) is 6.46. The van der Waals surface area contributed by atoms with Gasteiger partial charge in [0.25, 0.3) is 0 Å². The van der Waals surface area contributed by atoms with Gasteiger partial charge in [-0.2, -0.15) is 4.98 Å². The van der Waals surface area contributed by atoms with Gasteiger partial charge in [0, 0.05) is 45.3 Å². The Hall–Kier alpha value is -1.67. The minimum absolute atomic E-state index is 0.0843. The quantitative estimate of drug-likeness (QED) is 0.797. The number of hydrogen-bond acceptors (Lipinski definition) is 6.